The smallest absolute Gasteiger partial charge is 0.331 e. The lowest BCUT2D eigenvalue weighted by Gasteiger charge is -2.00. The zero-order valence-electron chi connectivity index (χ0n) is 6.73. The summed E-state index contributed by atoms with van der Waals surface area (Å²) in [6.45, 7) is 0. The average molecular weight is 180 g/mol. The molecular formula is C9H8O4. The Morgan fingerprint density at radius 3 is 1.69 bits per heavy atom. The van der Waals surface area contributed by atoms with Gasteiger partial charge in [-0.25, -0.2) is 9.59 Å². The summed E-state index contributed by atoms with van der Waals surface area (Å²) >= 11 is 0. The van der Waals surface area contributed by atoms with Gasteiger partial charge in [-0.1, -0.05) is 24.3 Å². The molecule has 0 saturated carbocycles. The lowest BCUT2D eigenvalue weighted by atomic mass is 10.1. The third-order valence-corrected chi connectivity index (χ3v) is 1.64. The van der Waals surface area contributed by atoms with Crippen molar-refractivity contribution < 1.29 is 19.8 Å². The van der Waals surface area contributed by atoms with Gasteiger partial charge in [-0.2, -0.15) is 0 Å². The van der Waals surface area contributed by atoms with Gasteiger partial charge < -0.3 is 10.2 Å². The molecule has 0 aromatic carbocycles. The zero-order valence-corrected chi connectivity index (χ0v) is 6.73. The van der Waals surface area contributed by atoms with Crippen molar-refractivity contribution in [1.29, 1.82) is 0 Å². The van der Waals surface area contributed by atoms with E-state index in [0.717, 1.165) is 0 Å². The third kappa shape index (κ3) is 2.30. The predicted molar refractivity (Wildman–Crippen MR) is 45.2 cm³/mol. The Balaban J connectivity index is 2.92. The van der Waals surface area contributed by atoms with Gasteiger partial charge in [-0.15, -0.1) is 0 Å². The van der Waals surface area contributed by atoms with Gasteiger partial charge in [0.25, 0.3) is 0 Å². The fourth-order valence-corrected chi connectivity index (χ4v) is 0.960. The first-order chi connectivity index (χ1) is 6.11. The molecule has 0 spiro atoms. The summed E-state index contributed by atoms with van der Waals surface area (Å²) < 4.78 is 0. The Morgan fingerprint density at radius 1 is 1.00 bits per heavy atom. The normalized spacial score (nSPS) is 15.7. The van der Waals surface area contributed by atoms with Crippen molar-refractivity contribution in [1.82, 2.24) is 0 Å². The molecule has 4 heteroatoms. The molecule has 4 nitrogen and oxygen atoms in total. The van der Waals surface area contributed by atoms with E-state index in [1.54, 1.807) is 0 Å². The first-order valence-electron chi connectivity index (χ1n) is 3.64. The number of carboxylic acid groups (broad SMARTS) is 2. The highest BCUT2D eigenvalue weighted by Gasteiger charge is 2.14. The summed E-state index contributed by atoms with van der Waals surface area (Å²) in [5.74, 6) is -2.17. The maximum absolute atomic E-state index is 10.6. The van der Waals surface area contributed by atoms with E-state index in [0.29, 0.717) is 0 Å². The number of carbonyl (C=O) groups is 2. The molecule has 0 fully saturated rings. The van der Waals surface area contributed by atoms with E-state index in [4.69, 9.17) is 10.2 Å². The van der Waals surface area contributed by atoms with Crippen LogP contribution in [-0.2, 0) is 9.59 Å². The molecule has 1 aliphatic carbocycles. The van der Waals surface area contributed by atoms with E-state index in [-0.39, 0.29) is 17.6 Å². The fourth-order valence-electron chi connectivity index (χ4n) is 0.960. The average Bonchev–Trinajstić information content (AvgIpc) is 2.28. The van der Waals surface area contributed by atoms with E-state index < -0.39 is 11.9 Å². The Bertz CT molecular complexity index is 302. The van der Waals surface area contributed by atoms with E-state index in [2.05, 4.69) is 0 Å². The van der Waals surface area contributed by atoms with Crippen LogP contribution in [0.4, 0.5) is 0 Å². The number of carboxylic acids is 2. The van der Waals surface area contributed by atoms with Crippen molar-refractivity contribution in [3.05, 3.63) is 35.5 Å². The van der Waals surface area contributed by atoms with Crippen molar-refractivity contribution in [2.75, 3.05) is 0 Å². The first-order valence-corrected chi connectivity index (χ1v) is 3.64. The summed E-state index contributed by atoms with van der Waals surface area (Å²) in [5.41, 5.74) is 0.171. The summed E-state index contributed by atoms with van der Waals surface area (Å²) in [6, 6.07) is 0. The summed E-state index contributed by atoms with van der Waals surface area (Å²) in [6.07, 6.45) is 5.78. The molecule has 2 N–H and O–H groups in total. The molecular weight excluding hydrogens is 172 g/mol. The van der Waals surface area contributed by atoms with Gasteiger partial charge >= 0.3 is 11.9 Å². The number of hydrogen-bond acceptors (Lipinski definition) is 2. The molecule has 68 valence electrons. The summed E-state index contributed by atoms with van der Waals surface area (Å²) in [7, 11) is 0. The molecule has 0 aromatic rings. The lowest BCUT2D eigenvalue weighted by molar-refractivity contribution is -0.133. The van der Waals surface area contributed by atoms with Crippen molar-refractivity contribution in [3.63, 3.8) is 0 Å². The zero-order chi connectivity index (χ0) is 9.84. The van der Waals surface area contributed by atoms with Crippen LogP contribution in [0.3, 0.4) is 0 Å². The van der Waals surface area contributed by atoms with Crippen LogP contribution in [0.2, 0.25) is 0 Å². The SMILES string of the molecule is O=C(O)C1=CC=CC=C(C(=O)O)C1. The highest BCUT2D eigenvalue weighted by Crippen LogP contribution is 2.14. The van der Waals surface area contributed by atoms with E-state index in [9.17, 15) is 9.59 Å². The third-order valence-electron chi connectivity index (χ3n) is 1.64. The lowest BCUT2D eigenvalue weighted by Crippen LogP contribution is -2.06. The topological polar surface area (TPSA) is 74.6 Å². The second-order valence-corrected chi connectivity index (χ2v) is 2.56. The number of rotatable bonds is 2. The predicted octanol–water partition coefficient (Wildman–Crippen LogP) is 0.968. The van der Waals surface area contributed by atoms with Crippen LogP contribution >= 0.6 is 0 Å². The molecule has 0 heterocycles. The second kappa shape index (κ2) is 3.71. The first kappa shape index (κ1) is 9.25. The van der Waals surface area contributed by atoms with Gasteiger partial charge in [0.2, 0.25) is 0 Å². The quantitative estimate of drug-likeness (QED) is 0.663. The summed E-state index contributed by atoms with van der Waals surface area (Å²) in [4.78, 5) is 21.1. The maximum atomic E-state index is 10.6. The Kier molecular flexibility index (Phi) is 2.64. The van der Waals surface area contributed by atoms with Gasteiger partial charge in [-0.05, 0) is 0 Å². The molecule has 0 aromatic heterocycles. The molecule has 1 aliphatic rings. The van der Waals surface area contributed by atoms with Crippen LogP contribution in [0, 0.1) is 0 Å². The molecule has 0 aliphatic heterocycles. The molecule has 13 heavy (non-hydrogen) atoms. The van der Waals surface area contributed by atoms with Crippen LogP contribution in [-0.4, -0.2) is 22.2 Å². The van der Waals surface area contributed by atoms with Crippen LogP contribution in [0.25, 0.3) is 0 Å². The van der Waals surface area contributed by atoms with Crippen molar-refractivity contribution in [3.8, 4) is 0 Å². The number of hydrogen-bond donors (Lipinski definition) is 2. The van der Waals surface area contributed by atoms with Crippen molar-refractivity contribution in [2.24, 2.45) is 0 Å². The maximum Gasteiger partial charge on any atom is 0.331 e. The van der Waals surface area contributed by atoms with Crippen LogP contribution in [0.15, 0.2) is 35.5 Å². The van der Waals surface area contributed by atoms with Crippen LogP contribution < -0.4 is 0 Å². The minimum Gasteiger partial charge on any atom is -0.478 e. The molecule has 1 rings (SSSR count). The van der Waals surface area contributed by atoms with Crippen LogP contribution in [0.5, 0.6) is 0 Å². The fraction of sp³-hybridized carbons (Fsp3) is 0.111. The van der Waals surface area contributed by atoms with Crippen molar-refractivity contribution >= 4 is 11.9 Å². The van der Waals surface area contributed by atoms with Gasteiger partial charge in [0.1, 0.15) is 0 Å². The Labute approximate surface area is 74.5 Å². The molecule has 0 amide bonds. The minimum atomic E-state index is -1.08. The minimum absolute atomic E-state index is 0.0440. The highest BCUT2D eigenvalue weighted by atomic mass is 16.4. The molecule has 0 bridgehead atoms. The monoisotopic (exact) mass is 180 g/mol. The number of aliphatic carboxylic acids is 2. The second-order valence-electron chi connectivity index (χ2n) is 2.56. The summed E-state index contributed by atoms with van der Waals surface area (Å²) in [5, 5.41) is 17.3. The van der Waals surface area contributed by atoms with E-state index in [1.807, 2.05) is 0 Å². The van der Waals surface area contributed by atoms with Crippen molar-refractivity contribution in [2.45, 2.75) is 6.42 Å². The Hall–Kier alpha value is -1.84. The number of allylic oxidation sites excluding steroid dienone is 4. The van der Waals surface area contributed by atoms with Gasteiger partial charge in [0.05, 0.1) is 0 Å². The van der Waals surface area contributed by atoms with Crippen LogP contribution in [0.1, 0.15) is 6.42 Å². The highest BCUT2D eigenvalue weighted by molar-refractivity contribution is 5.93. The standard InChI is InChI=1S/C9H8O4/c10-8(11)6-3-1-2-4-7(5-6)9(12)13/h1-4H,5H2,(H,10,11)(H,12,13). The van der Waals surface area contributed by atoms with E-state index >= 15 is 0 Å². The molecule has 0 unspecified atom stereocenters. The Morgan fingerprint density at radius 2 is 1.38 bits per heavy atom. The van der Waals surface area contributed by atoms with Gasteiger partial charge in [-0.3, -0.25) is 0 Å². The van der Waals surface area contributed by atoms with Gasteiger partial charge in [0.15, 0.2) is 0 Å². The molecule has 0 saturated heterocycles. The van der Waals surface area contributed by atoms with Gasteiger partial charge in [0, 0.05) is 17.6 Å². The molecule has 0 radical (unpaired) electrons. The largest absolute Gasteiger partial charge is 0.478 e. The molecule has 0 atom stereocenters. The van der Waals surface area contributed by atoms with E-state index in [1.165, 1.54) is 24.3 Å².